The van der Waals surface area contributed by atoms with Crippen LogP contribution in [0.15, 0.2) is 48.6 Å². The molecule has 0 aromatic rings. The van der Waals surface area contributed by atoms with Gasteiger partial charge in [0.15, 0.2) is 0 Å². The van der Waals surface area contributed by atoms with Crippen LogP contribution in [0.3, 0.4) is 0 Å². The Bertz CT molecular complexity index is 297. The summed E-state index contributed by atoms with van der Waals surface area (Å²) in [6.07, 6.45) is 17.2. The maximum absolute atomic E-state index is 6.32. The first-order valence-corrected chi connectivity index (χ1v) is 5.52. The van der Waals surface area contributed by atoms with Crippen molar-refractivity contribution in [2.24, 2.45) is 11.8 Å². The second-order valence-corrected chi connectivity index (χ2v) is 5.24. The number of hydrogen-bond donors (Lipinski definition) is 0. The molecule has 0 atom stereocenters. The van der Waals surface area contributed by atoms with Gasteiger partial charge in [0.1, 0.15) is 4.33 Å². The molecule has 14 heavy (non-hydrogen) atoms. The molecule has 0 aromatic carbocycles. The zero-order valence-electron chi connectivity index (χ0n) is 7.74. The Morgan fingerprint density at radius 3 is 1.93 bits per heavy atom. The summed E-state index contributed by atoms with van der Waals surface area (Å²) in [4.78, 5) is 0. The van der Waals surface area contributed by atoms with Gasteiger partial charge in [-0.3, -0.25) is 0 Å². The molecule has 0 heterocycles. The second-order valence-electron chi connectivity index (χ2n) is 3.69. The largest absolute Gasteiger partial charge is 0.128 e. The van der Waals surface area contributed by atoms with Crippen LogP contribution in [0.25, 0.3) is 0 Å². The van der Waals surface area contributed by atoms with Crippen molar-refractivity contribution in [2.45, 2.75) is 10.8 Å². The van der Waals surface area contributed by atoms with Crippen LogP contribution >= 0.6 is 23.2 Å². The molecular formula is C12H12Cl2. The van der Waals surface area contributed by atoms with Crippen molar-refractivity contribution in [2.75, 3.05) is 0 Å². The third-order valence-corrected chi connectivity index (χ3v) is 3.38. The smallest absolute Gasteiger partial charge is 0.101 e. The molecule has 0 saturated carbocycles. The predicted molar refractivity (Wildman–Crippen MR) is 62.6 cm³/mol. The molecule has 2 aliphatic rings. The molecule has 0 aliphatic heterocycles. The average molecular weight is 227 g/mol. The highest BCUT2D eigenvalue weighted by Crippen LogP contribution is 2.41. The maximum atomic E-state index is 6.32. The highest BCUT2D eigenvalue weighted by Gasteiger charge is 2.34. The third kappa shape index (κ3) is 2.13. The lowest BCUT2D eigenvalue weighted by Gasteiger charge is -2.26. The van der Waals surface area contributed by atoms with Gasteiger partial charge in [-0.1, -0.05) is 48.6 Å². The summed E-state index contributed by atoms with van der Waals surface area (Å²) in [6.45, 7) is 0. The average Bonchev–Trinajstić information content (AvgIpc) is 2.71. The molecule has 0 saturated heterocycles. The maximum Gasteiger partial charge on any atom is 0.128 e. The number of alkyl halides is 2. The van der Waals surface area contributed by atoms with E-state index in [0.717, 1.165) is 6.42 Å². The van der Waals surface area contributed by atoms with Crippen molar-refractivity contribution in [3.63, 3.8) is 0 Å². The van der Waals surface area contributed by atoms with E-state index < -0.39 is 4.33 Å². The molecule has 0 N–H and O–H groups in total. The van der Waals surface area contributed by atoms with Crippen molar-refractivity contribution in [3.8, 4) is 0 Å². The summed E-state index contributed by atoms with van der Waals surface area (Å²) in [7, 11) is 0. The van der Waals surface area contributed by atoms with Crippen molar-refractivity contribution in [1.29, 1.82) is 0 Å². The summed E-state index contributed by atoms with van der Waals surface area (Å²) in [5.41, 5.74) is 0. The number of allylic oxidation sites excluding steroid dienone is 8. The highest BCUT2D eigenvalue weighted by atomic mass is 35.5. The molecule has 0 aromatic heterocycles. The summed E-state index contributed by atoms with van der Waals surface area (Å²) in [6, 6.07) is 0. The minimum absolute atomic E-state index is 0.147. The van der Waals surface area contributed by atoms with Gasteiger partial charge in [0.05, 0.1) is 0 Å². The first-order chi connectivity index (χ1) is 6.68. The van der Waals surface area contributed by atoms with Gasteiger partial charge >= 0.3 is 0 Å². The minimum Gasteiger partial charge on any atom is -0.101 e. The molecule has 0 amide bonds. The monoisotopic (exact) mass is 226 g/mol. The van der Waals surface area contributed by atoms with Crippen molar-refractivity contribution >= 4 is 23.2 Å². The van der Waals surface area contributed by atoms with Gasteiger partial charge in [0.2, 0.25) is 0 Å². The van der Waals surface area contributed by atoms with Crippen LogP contribution in [0.1, 0.15) is 6.42 Å². The lowest BCUT2D eigenvalue weighted by Crippen LogP contribution is -2.24. The molecule has 74 valence electrons. The van der Waals surface area contributed by atoms with E-state index in [2.05, 4.69) is 12.2 Å². The SMILES string of the molecule is ClC(Cl)(CC1C=CC=C1)C1C=CC=C1. The van der Waals surface area contributed by atoms with Crippen LogP contribution in [-0.2, 0) is 0 Å². The third-order valence-electron chi connectivity index (χ3n) is 2.57. The fourth-order valence-electron chi connectivity index (χ4n) is 1.78. The first kappa shape index (κ1) is 10.1. The zero-order chi connectivity index (χ0) is 10.0. The molecule has 0 radical (unpaired) electrons. The van der Waals surface area contributed by atoms with Crippen LogP contribution in [0.2, 0.25) is 0 Å². The van der Waals surface area contributed by atoms with E-state index in [4.69, 9.17) is 23.2 Å². The Kier molecular flexibility index (Phi) is 2.85. The topological polar surface area (TPSA) is 0 Å². The van der Waals surface area contributed by atoms with Gasteiger partial charge in [0.25, 0.3) is 0 Å². The zero-order valence-corrected chi connectivity index (χ0v) is 9.25. The van der Waals surface area contributed by atoms with E-state index in [1.807, 2.05) is 36.5 Å². The van der Waals surface area contributed by atoms with E-state index in [1.54, 1.807) is 0 Å². The normalized spacial score (nSPS) is 21.6. The molecule has 0 bridgehead atoms. The van der Waals surface area contributed by atoms with Crippen LogP contribution < -0.4 is 0 Å². The van der Waals surface area contributed by atoms with Gasteiger partial charge < -0.3 is 0 Å². The van der Waals surface area contributed by atoms with Crippen LogP contribution in [0.4, 0.5) is 0 Å². The van der Waals surface area contributed by atoms with Gasteiger partial charge in [-0.25, -0.2) is 0 Å². The predicted octanol–water partition coefficient (Wildman–Crippen LogP) is 4.03. The summed E-state index contributed by atoms with van der Waals surface area (Å²) in [5.74, 6) is 0.528. The van der Waals surface area contributed by atoms with Crippen molar-refractivity contribution in [1.82, 2.24) is 0 Å². The molecule has 0 nitrogen and oxygen atoms in total. The van der Waals surface area contributed by atoms with Gasteiger partial charge in [-0.05, 0) is 12.3 Å². The fraction of sp³-hybridized carbons (Fsp3) is 0.333. The van der Waals surface area contributed by atoms with Crippen LogP contribution in [-0.4, -0.2) is 4.33 Å². The summed E-state index contributed by atoms with van der Waals surface area (Å²) >= 11 is 12.6. The lowest BCUT2D eigenvalue weighted by atomic mass is 9.96. The Morgan fingerprint density at radius 1 is 0.857 bits per heavy atom. The number of rotatable bonds is 3. The molecule has 0 fully saturated rings. The Hall–Kier alpha value is -0.460. The van der Waals surface area contributed by atoms with Crippen LogP contribution in [0, 0.1) is 11.8 Å². The second kappa shape index (κ2) is 3.96. The van der Waals surface area contributed by atoms with Gasteiger partial charge in [0, 0.05) is 5.92 Å². The Balaban J connectivity index is 2.01. The number of hydrogen-bond acceptors (Lipinski definition) is 0. The van der Waals surface area contributed by atoms with E-state index >= 15 is 0 Å². The first-order valence-electron chi connectivity index (χ1n) is 4.76. The molecule has 0 unspecified atom stereocenters. The summed E-state index contributed by atoms with van der Waals surface area (Å²) in [5, 5.41) is 0. The molecule has 2 heteroatoms. The van der Waals surface area contributed by atoms with Gasteiger partial charge in [-0.2, -0.15) is 0 Å². The minimum atomic E-state index is -0.687. The van der Waals surface area contributed by atoms with E-state index in [1.165, 1.54) is 0 Å². The van der Waals surface area contributed by atoms with E-state index in [-0.39, 0.29) is 5.92 Å². The Labute approximate surface area is 94.6 Å². The van der Waals surface area contributed by atoms with E-state index in [0.29, 0.717) is 5.92 Å². The quantitative estimate of drug-likeness (QED) is 0.638. The molecular weight excluding hydrogens is 215 g/mol. The fourth-order valence-corrected chi connectivity index (χ4v) is 2.43. The van der Waals surface area contributed by atoms with E-state index in [9.17, 15) is 0 Å². The van der Waals surface area contributed by atoms with Gasteiger partial charge in [-0.15, -0.1) is 23.2 Å². The highest BCUT2D eigenvalue weighted by molar-refractivity contribution is 6.48. The lowest BCUT2D eigenvalue weighted by molar-refractivity contribution is 0.565. The summed E-state index contributed by atoms with van der Waals surface area (Å²) < 4.78 is -0.687. The number of halogens is 2. The molecule has 0 spiro atoms. The molecule has 2 rings (SSSR count). The standard InChI is InChI=1S/C12H12Cl2/c13-12(14,11-7-3-4-8-11)9-10-5-1-2-6-10/h1-8,10-11H,9H2. The van der Waals surface area contributed by atoms with Crippen LogP contribution in [0.5, 0.6) is 0 Å². The molecule has 2 aliphatic carbocycles. The van der Waals surface area contributed by atoms with Crippen molar-refractivity contribution in [3.05, 3.63) is 48.6 Å². The Morgan fingerprint density at radius 2 is 1.36 bits per heavy atom. The van der Waals surface area contributed by atoms with Crippen molar-refractivity contribution < 1.29 is 0 Å².